The van der Waals surface area contributed by atoms with E-state index in [9.17, 15) is 4.39 Å². The first-order chi connectivity index (χ1) is 12.5. The van der Waals surface area contributed by atoms with E-state index < -0.39 is 0 Å². The molecule has 26 heavy (non-hydrogen) atoms. The third-order valence-electron chi connectivity index (χ3n) is 3.90. The normalized spacial score (nSPS) is 10.6. The van der Waals surface area contributed by atoms with E-state index in [1.807, 2.05) is 12.1 Å². The molecule has 0 fully saturated rings. The van der Waals surface area contributed by atoms with Crippen molar-refractivity contribution < 1.29 is 9.13 Å². The van der Waals surface area contributed by atoms with E-state index >= 15 is 0 Å². The topological polar surface area (TPSA) is 21.3 Å². The molecule has 0 aliphatic carbocycles. The molecule has 0 unspecified atom stereocenters. The van der Waals surface area contributed by atoms with Gasteiger partial charge in [-0.15, -0.1) is 0 Å². The molecular formula is C21H18Br2FNO. The molecule has 1 N–H and O–H groups in total. The van der Waals surface area contributed by atoms with Crippen LogP contribution in [0.15, 0.2) is 69.6 Å². The highest BCUT2D eigenvalue weighted by molar-refractivity contribution is 9.11. The van der Waals surface area contributed by atoms with Gasteiger partial charge < -0.3 is 10.1 Å². The molecule has 0 spiro atoms. The Balaban J connectivity index is 1.65. The maximum absolute atomic E-state index is 13.0. The fourth-order valence-corrected chi connectivity index (χ4v) is 3.97. The molecule has 2 nitrogen and oxygen atoms in total. The molecule has 3 rings (SSSR count). The van der Waals surface area contributed by atoms with Gasteiger partial charge in [0.1, 0.15) is 18.2 Å². The van der Waals surface area contributed by atoms with Crippen molar-refractivity contribution >= 4 is 37.5 Å². The van der Waals surface area contributed by atoms with Crippen LogP contribution in [0.1, 0.15) is 16.7 Å². The molecule has 3 aromatic rings. The van der Waals surface area contributed by atoms with Crippen LogP contribution in [0, 0.1) is 12.7 Å². The Morgan fingerprint density at radius 3 is 2.12 bits per heavy atom. The Labute approximate surface area is 169 Å². The minimum atomic E-state index is -0.249. The molecule has 5 heteroatoms. The van der Waals surface area contributed by atoms with Gasteiger partial charge in [0, 0.05) is 12.2 Å². The van der Waals surface area contributed by atoms with Crippen LogP contribution in [0.5, 0.6) is 5.75 Å². The largest absolute Gasteiger partial charge is 0.487 e. The van der Waals surface area contributed by atoms with Gasteiger partial charge in [-0.1, -0.05) is 29.8 Å². The molecule has 0 heterocycles. The molecule has 0 radical (unpaired) electrons. The Kier molecular flexibility index (Phi) is 6.33. The van der Waals surface area contributed by atoms with E-state index in [1.54, 1.807) is 12.1 Å². The summed E-state index contributed by atoms with van der Waals surface area (Å²) in [5.41, 5.74) is 4.36. The Morgan fingerprint density at radius 2 is 1.50 bits per heavy atom. The van der Waals surface area contributed by atoms with Crippen molar-refractivity contribution in [2.24, 2.45) is 0 Å². The zero-order valence-corrected chi connectivity index (χ0v) is 17.4. The number of ether oxygens (including phenoxy) is 1. The van der Waals surface area contributed by atoms with E-state index in [-0.39, 0.29) is 5.82 Å². The lowest BCUT2D eigenvalue weighted by molar-refractivity contribution is 0.302. The first-order valence-corrected chi connectivity index (χ1v) is 9.75. The first-order valence-electron chi connectivity index (χ1n) is 8.17. The fourth-order valence-electron chi connectivity index (χ4n) is 2.46. The lowest BCUT2D eigenvalue weighted by Crippen LogP contribution is -2.01. The molecule has 0 bridgehead atoms. The summed E-state index contributed by atoms with van der Waals surface area (Å²) >= 11 is 7.15. The molecule has 0 aromatic heterocycles. The van der Waals surface area contributed by atoms with Crippen LogP contribution >= 0.6 is 31.9 Å². The second-order valence-electron chi connectivity index (χ2n) is 6.02. The third kappa shape index (κ3) is 5.08. The molecule has 0 saturated carbocycles. The summed E-state index contributed by atoms with van der Waals surface area (Å²) in [6.07, 6.45) is 0. The highest BCUT2D eigenvalue weighted by Crippen LogP contribution is 2.35. The van der Waals surface area contributed by atoms with E-state index in [2.05, 4.69) is 68.4 Å². The van der Waals surface area contributed by atoms with Gasteiger partial charge in [-0.2, -0.15) is 0 Å². The van der Waals surface area contributed by atoms with Crippen molar-refractivity contribution in [1.82, 2.24) is 0 Å². The van der Waals surface area contributed by atoms with Gasteiger partial charge in [0.25, 0.3) is 0 Å². The van der Waals surface area contributed by atoms with Crippen molar-refractivity contribution in [2.75, 3.05) is 5.32 Å². The second kappa shape index (κ2) is 8.69. The third-order valence-corrected chi connectivity index (χ3v) is 5.08. The van der Waals surface area contributed by atoms with Gasteiger partial charge in [0.15, 0.2) is 0 Å². The van der Waals surface area contributed by atoms with E-state index in [4.69, 9.17) is 4.74 Å². The van der Waals surface area contributed by atoms with Crippen LogP contribution in [-0.2, 0) is 13.2 Å². The summed E-state index contributed by atoms with van der Waals surface area (Å²) in [4.78, 5) is 0. The maximum atomic E-state index is 13.0. The minimum absolute atomic E-state index is 0.249. The molecular weight excluding hydrogens is 461 g/mol. The number of rotatable bonds is 6. The summed E-state index contributed by atoms with van der Waals surface area (Å²) in [5, 5.41) is 3.41. The van der Waals surface area contributed by atoms with Crippen molar-refractivity contribution in [1.29, 1.82) is 0 Å². The summed E-state index contributed by atoms with van der Waals surface area (Å²) in [7, 11) is 0. The van der Waals surface area contributed by atoms with Crippen molar-refractivity contribution in [2.45, 2.75) is 20.1 Å². The monoisotopic (exact) mass is 477 g/mol. The van der Waals surface area contributed by atoms with Crippen LogP contribution in [-0.4, -0.2) is 0 Å². The average molecular weight is 479 g/mol. The zero-order valence-electron chi connectivity index (χ0n) is 14.2. The van der Waals surface area contributed by atoms with Gasteiger partial charge in [-0.05, 0) is 86.3 Å². The van der Waals surface area contributed by atoms with Crippen LogP contribution in [0.25, 0.3) is 0 Å². The average Bonchev–Trinajstić information content (AvgIpc) is 2.62. The summed E-state index contributed by atoms with van der Waals surface area (Å²) < 4.78 is 20.6. The summed E-state index contributed by atoms with van der Waals surface area (Å²) in [6.45, 7) is 3.15. The molecule has 0 atom stereocenters. The summed E-state index contributed by atoms with van der Waals surface area (Å²) in [6, 6.07) is 18.7. The molecule has 3 aromatic carbocycles. The van der Waals surface area contributed by atoms with Crippen molar-refractivity contribution in [3.05, 3.63) is 92.1 Å². The molecule has 0 amide bonds. The number of benzene rings is 3. The second-order valence-corrected chi connectivity index (χ2v) is 7.73. The number of nitrogens with one attached hydrogen (secondary N) is 1. The van der Waals surface area contributed by atoms with Gasteiger partial charge in [-0.25, -0.2) is 4.39 Å². The number of hydrogen-bond donors (Lipinski definition) is 1. The number of anilines is 1. The fraction of sp³-hybridized carbons (Fsp3) is 0.143. The number of halogens is 3. The Morgan fingerprint density at radius 1 is 0.885 bits per heavy atom. The quantitative estimate of drug-likeness (QED) is 0.418. The van der Waals surface area contributed by atoms with Gasteiger partial charge in [0.05, 0.1) is 8.95 Å². The van der Waals surface area contributed by atoms with Crippen LogP contribution in [0.2, 0.25) is 0 Å². The number of hydrogen-bond acceptors (Lipinski definition) is 2. The minimum Gasteiger partial charge on any atom is -0.487 e. The molecule has 0 aliphatic heterocycles. The Hall–Kier alpha value is -1.85. The Bertz CT molecular complexity index is 857. The highest BCUT2D eigenvalue weighted by Gasteiger charge is 2.10. The lowest BCUT2D eigenvalue weighted by Gasteiger charge is -2.13. The number of aryl methyl sites for hydroxylation is 1. The van der Waals surface area contributed by atoms with Gasteiger partial charge in [-0.3, -0.25) is 0 Å². The van der Waals surface area contributed by atoms with Crippen LogP contribution < -0.4 is 10.1 Å². The SMILES string of the molecule is Cc1ccc(NCc2cc(Br)c(OCc3ccc(F)cc3)c(Br)c2)cc1. The van der Waals surface area contributed by atoms with Gasteiger partial charge in [0.2, 0.25) is 0 Å². The van der Waals surface area contributed by atoms with Gasteiger partial charge >= 0.3 is 0 Å². The summed E-state index contributed by atoms with van der Waals surface area (Å²) in [5.74, 6) is 0.481. The molecule has 134 valence electrons. The molecule has 0 saturated heterocycles. The smallest absolute Gasteiger partial charge is 0.148 e. The predicted molar refractivity (Wildman–Crippen MR) is 111 cm³/mol. The van der Waals surface area contributed by atoms with Crippen molar-refractivity contribution in [3.63, 3.8) is 0 Å². The molecule has 0 aliphatic rings. The van der Waals surface area contributed by atoms with Crippen molar-refractivity contribution in [3.8, 4) is 5.75 Å². The van der Waals surface area contributed by atoms with Crippen LogP contribution in [0.4, 0.5) is 10.1 Å². The van der Waals surface area contributed by atoms with E-state index in [1.165, 1.54) is 17.7 Å². The van der Waals surface area contributed by atoms with E-state index in [0.717, 1.165) is 31.5 Å². The van der Waals surface area contributed by atoms with Crippen LogP contribution in [0.3, 0.4) is 0 Å². The first kappa shape index (κ1) is 18.9. The predicted octanol–water partition coefficient (Wildman–Crippen LogP) is 6.85. The zero-order chi connectivity index (χ0) is 18.5. The highest BCUT2D eigenvalue weighted by atomic mass is 79.9. The standard InChI is InChI=1S/C21H18Br2FNO/c1-14-2-8-18(9-3-14)25-12-16-10-19(22)21(20(23)11-16)26-13-15-4-6-17(24)7-5-15/h2-11,25H,12-13H2,1H3. The lowest BCUT2D eigenvalue weighted by atomic mass is 10.2. The maximum Gasteiger partial charge on any atom is 0.148 e. The van der Waals surface area contributed by atoms with E-state index in [0.29, 0.717) is 13.2 Å².